The van der Waals surface area contributed by atoms with Crippen molar-refractivity contribution in [2.45, 2.75) is 26.3 Å². The lowest BCUT2D eigenvalue weighted by atomic mass is 10.0. The fourth-order valence-electron chi connectivity index (χ4n) is 1.72. The van der Waals surface area contributed by atoms with E-state index in [1.807, 2.05) is 19.1 Å². The molecule has 1 aromatic rings. The third kappa shape index (κ3) is 3.22. The van der Waals surface area contributed by atoms with Crippen LogP contribution in [-0.2, 0) is 0 Å². The Morgan fingerprint density at radius 2 is 2.19 bits per heavy atom. The molecule has 0 aliphatic carbocycles. The maximum absolute atomic E-state index is 9.33. The number of ether oxygens (including phenoxy) is 1. The molecule has 0 heterocycles. The van der Waals surface area contributed by atoms with E-state index < -0.39 is 0 Å². The maximum Gasteiger partial charge on any atom is 0.121 e. The van der Waals surface area contributed by atoms with E-state index in [9.17, 15) is 5.11 Å². The molecule has 0 saturated heterocycles. The Morgan fingerprint density at radius 3 is 2.69 bits per heavy atom. The van der Waals surface area contributed by atoms with Crippen molar-refractivity contribution in [2.75, 3.05) is 20.3 Å². The van der Waals surface area contributed by atoms with Crippen molar-refractivity contribution in [3.63, 3.8) is 0 Å². The molecule has 2 N–H and O–H groups in total. The number of aryl methyl sites for hydroxylation is 1. The highest BCUT2D eigenvalue weighted by Crippen LogP contribution is 2.22. The van der Waals surface area contributed by atoms with Crippen LogP contribution in [0.2, 0.25) is 0 Å². The molecule has 0 aliphatic rings. The van der Waals surface area contributed by atoms with Crippen LogP contribution in [0.15, 0.2) is 18.2 Å². The number of rotatable bonds is 6. The number of methoxy groups -OCH3 is 1. The molecule has 0 saturated carbocycles. The molecule has 0 amide bonds. The van der Waals surface area contributed by atoms with Crippen LogP contribution in [0.5, 0.6) is 5.75 Å². The van der Waals surface area contributed by atoms with Gasteiger partial charge in [-0.05, 0) is 37.1 Å². The molecule has 0 aliphatic heterocycles. The third-order valence-electron chi connectivity index (χ3n) is 2.64. The van der Waals surface area contributed by atoms with Crippen molar-refractivity contribution >= 4 is 0 Å². The SMILES string of the molecule is CCCNC(CO)c1ccc(OC)c(C)c1. The molecule has 3 heteroatoms. The molecule has 1 atom stereocenters. The van der Waals surface area contributed by atoms with Gasteiger partial charge in [0.1, 0.15) is 5.75 Å². The zero-order chi connectivity index (χ0) is 12.0. The standard InChI is InChI=1S/C13H21NO2/c1-4-7-14-12(9-15)11-5-6-13(16-3)10(2)8-11/h5-6,8,12,14-15H,4,7,9H2,1-3H3. The Hall–Kier alpha value is -1.06. The van der Waals surface area contributed by atoms with Gasteiger partial charge in [0.2, 0.25) is 0 Å². The number of hydrogen-bond donors (Lipinski definition) is 2. The number of hydrogen-bond acceptors (Lipinski definition) is 3. The largest absolute Gasteiger partial charge is 0.496 e. The number of aliphatic hydroxyl groups is 1. The predicted octanol–water partition coefficient (Wildman–Crippen LogP) is 2.04. The normalized spacial score (nSPS) is 12.5. The van der Waals surface area contributed by atoms with Crippen LogP contribution in [-0.4, -0.2) is 25.4 Å². The summed E-state index contributed by atoms with van der Waals surface area (Å²) in [4.78, 5) is 0. The van der Waals surface area contributed by atoms with Gasteiger partial charge in [-0.3, -0.25) is 0 Å². The van der Waals surface area contributed by atoms with Gasteiger partial charge in [-0.2, -0.15) is 0 Å². The summed E-state index contributed by atoms with van der Waals surface area (Å²) < 4.78 is 5.21. The summed E-state index contributed by atoms with van der Waals surface area (Å²) in [6.45, 7) is 5.15. The lowest BCUT2D eigenvalue weighted by Gasteiger charge is -2.17. The van der Waals surface area contributed by atoms with Gasteiger partial charge in [0.25, 0.3) is 0 Å². The van der Waals surface area contributed by atoms with Gasteiger partial charge >= 0.3 is 0 Å². The average molecular weight is 223 g/mol. The fraction of sp³-hybridized carbons (Fsp3) is 0.538. The molecule has 1 rings (SSSR count). The molecule has 0 bridgehead atoms. The van der Waals surface area contributed by atoms with Crippen LogP contribution < -0.4 is 10.1 Å². The Morgan fingerprint density at radius 1 is 1.44 bits per heavy atom. The monoisotopic (exact) mass is 223 g/mol. The Labute approximate surface area is 97.4 Å². The maximum atomic E-state index is 9.33. The lowest BCUT2D eigenvalue weighted by molar-refractivity contribution is 0.244. The molecule has 3 nitrogen and oxygen atoms in total. The van der Waals surface area contributed by atoms with E-state index in [-0.39, 0.29) is 12.6 Å². The summed E-state index contributed by atoms with van der Waals surface area (Å²) in [6.07, 6.45) is 1.06. The number of nitrogens with one attached hydrogen (secondary N) is 1. The van der Waals surface area contributed by atoms with Crippen molar-refractivity contribution in [3.8, 4) is 5.75 Å². The summed E-state index contributed by atoms with van der Waals surface area (Å²) in [5.74, 6) is 0.885. The first kappa shape index (κ1) is 13.0. The summed E-state index contributed by atoms with van der Waals surface area (Å²) >= 11 is 0. The van der Waals surface area contributed by atoms with Crippen molar-refractivity contribution < 1.29 is 9.84 Å². The van der Waals surface area contributed by atoms with E-state index in [1.165, 1.54) is 0 Å². The van der Waals surface area contributed by atoms with Crippen molar-refractivity contribution in [1.29, 1.82) is 0 Å². The highest BCUT2D eigenvalue weighted by Gasteiger charge is 2.10. The molecular formula is C13H21NO2. The second-order valence-corrected chi connectivity index (χ2v) is 3.92. The molecule has 1 aromatic carbocycles. The zero-order valence-corrected chi connectivity index (χ0v) is 10.3. The minimum absolute atomic E-state index is 0.0181. The first-order chi connectivity index (χ1) is 7.72. The second-order valence-electron chi connectivity index (χ2n) is 3.92. The van der Waals surface area contributed by atoms with Gasteiger partial charge in [-0.15, -0.1) is 0 Å². The summed E-state index contributed by atoms with van der Waals surface area (Å²) in [5, 5.41) is 12.6. The average Bonchev–Trinajstić information content (AvgIpc) is 2.30. The molecule has 16 heavy (non-hydrogen) atoms. The van der Waals surface area contributed by atoms with Crippen LogP contribution in [0.25, 0.3) is 0 Å². The van der Waals surface area contributed by atoms with E-state index >= 15 is 0 Å². The van der Waals surface area contributed by atoms with Gasteiger partial charge in [0.05, 0.1) is 19.8 Å². The van der Waals surface area contributed by atoms with E-state index in [1.54, 1.807) is 7.11 Å². The lowest BCUT2D eigenvalue weighted by Crippen LogP contribution is -2.25. The van der Waals surface area contributed by atoms with Crippen LogP contribution in [0.3, 0.4) is 0 Å². The number of aliphatic hydroxyl groups excluding tert-OH is 1. The van der Waals surface area contributed by atoms with Gasteiger partial charge in [-0.1, -0.05) is 19.1 Å². The van der Waals surface area contributed by atoms with Crippen LogP contribution in [0.1, 0.15) is 30.5 Å². The number of benzene rings is 1. The predicted molar refractivity (Wildman–Crippen MR) is 65.9 cm³/mol. The van der Waals surface area contributed by atoms with Gasteiger partial charge in [-0.25, -0.2) is 0 Å². The fourth-order valence-corrected chi connectivity index (χ4v) is 1.72. The molecule has 90 valence electrons. The molecule has 0 spiro atoms. The van der Waals surface area contributed by atoms with Crippen LogP contribution in [0.4, 0.5) is 0 Å². The zero-order valence-electron chi connectivity index (χ0n) is 10.3. The Balaban J connectivity index is 2.80. The summed E-state index contributed by atoms with van der Waals surface area (Å²) in [6, 6.07) is 6.02. The highest BCUT2D eigenvalue weighted by atomic mass is 16.5. The quantitative estimate of drug-likeness (QED) is 0.775. The first-order valence-corrected chi connectivity index (χ1v) is 5.71. The second kappa shape index (κ2) is 6.51. The van der Waals surface area contributed by atoms with Crippen molar-refractivity contribution in [2.24, 2.45) is 0 Å². The molecule has 1 unspecified atom stereocenters. The first-order valence-electron chi connectivity index (χ1n) is 5.71. The Kier molecular flexibility index (Phi) is 5.29. The van der Waals surface area contributed by atoms with Crippen molar-refractivity contribution in [1.82, 2.24) is 5.32 Å². The van der Waals surface area contributed by atoms with E-state index in [4.69, 9.17) is 4.74 Å². The molecule has 0 radical (unpaired) electrons. The minimum Gasteiger partial charge on any atom is -0.496 e. The van der Waals surface area contributed by atoms with E-state index in [0.29, 0.717) is 0 Å². The molecule has 0 fully saturated rings. The van der Waals surface area contributed by atoms with Crippen LogP contribution in [0, 0.1) is 6.92 Å². The topological polar surface area (TPSA) is 41.5 Å². The minimum atomic E-state index is 0.0181. The van der Waals surface area contributed by atoms with Gasteiger partial charge in [0.15, 0.2) is 0 Å². The van der Waals surface area contributed by atoms with Crippen molar-refractivity contribution in [3.05, 3.63) is 29.3 Å². The van der Waals surface area contributed by atoms with E-state index in [0.717, 1.165) is 29.8 Å². The smallest absolute Gasteiger partial charge is 0.121 e. The highest BCUT2D eigenvalue weighted by molar-refractivity contribution is 5.37. The Bertz CT molecular complexity index is 326. The summed E-state index contributed by atoms with van der Waals surface area (Å²) in [7, 11) is 1.67. The molecular weight excluding hydrogens is 202 g/mol. The van der Waals surface area contributed by atoms with Gasteiger partial charge in [0, 0.05) is 0 Å². The molecule has 0 aromatic heterocycles. The van der Waals surface area contributed by atoms with Gasteiger partial charge < -0.3 is 15.2 Å². The van der Waals surface area contributed by atoms with E-state index in [2.05, 4.69) is 18.3 Å². The third-order valence-corrected chi connectivity index (χ3v) is 2.64. The van der Waals surface area contributed by atoms with Crippen LogP contribution >= 0.6 is 0 Å². The summed E-state index contributed by atoms with van der Waals surface area (Å²) in [5.41, 5.74) is 2.20.